The lowest BCUT2D eigenvalue weighted by atomic mass is 9.91. The van der Waals surface area contributed by atoms with Crippen LogP contribution in [0.25, 0.3) is 10.9 Å². The van der Waals surface area contributed by atoms with Crippen molar-refractivity contribution in [2.45, 2.75) is 43.8 Å². The van der Waals surface area contributed by atoms with Gasteiger partial charge in [0.15, 0.2) is 0 Å². The van der Waals surface area contributed by atoms with E-state index >= 15 is 0 Å². The molecule has 1 amide bonds. The fourth-order valence-corrected chi connectivity index (χ4v) is 3.91. The molecule has 2 atom stereocenters. The summed E-state index contributed by atoms with van der Waals surface area (Å²) in [6, 6.07) is 3.25. The molecule has 10 heteroatoms. The molecule has 0 saturated carbocycles. The summed E-state index contributed by atoms with van der Waals surface area (Å²) in [5, 5.41) is -0.104. The van der Waals surface area contributed by atoms with Crippen LogP contribution < -0.4 is 0 Å². The predicted octanol–water partition coefficient (Wildman–Crippen LogP) is 5.32. The van der Waals surface area contributed by atoms with E-state index in [9.17, 15) is 31.1 Å². The standard InChI is InChI=1S/C18H14F6N2O2/c19-17(20,21)11-5-3-4-9-10(8-13(18(22,23)24)25-14(9)11)15-12-6-1-2-7-26(12)16(27)28-15/h3-5,8,12,15H,1-2,6-7H2/t12-,15-/m0/s1. The van der Waals surface area contributed by atoms with E-state index in [-0.39, 0.29) is 10.9 Å². The molecule has 2 aliphatic heterocycles. The minimum absolute atomic E-state index is 0.104. The van der Waals surface area contributed by atoms with Crippen LogP contribution in [0.2, 0.25) is 0 Å². The lowest BCUT2D eigenvalue weighted by Crippen LogP contribution is -2.38. The summed E-state index contributed by atoms with van der Waals surface area (Å²) in [7, 11) is 0. The van der Waals surface area contributed by atoms with E-state index in [1.807, 2.05) is 0 Å². The molecular formula is C18H14F6N2O2. The second-order valence-corrected chi connectivity index (χ2v) is 6.85. The number of carbonyl (C=O) groups excluding carboxylic acids is 1. The van der Waals surface area contributed by atoms with Gasteiger partial charge in [-0.1, -0.05) is 12.1 Å². The monoisotopic (exact) mass is 404 g/mol. The van der Waals surface area contributed by atoms with Gasteiger partial charge in [0.2, 0.25) is 0 Å². The highest BCUT2D eigenvalue weighted by Crippen LogP contribution is 2.44. The first kappa shape index (κ1) is 18.8. The van der Waals surface area contributed by atoms with E-state index in [4.69, 9.17) is 4.74 Å². The van der Waals surface area contributed by atoms with Gasteiger partial charge in [0.25, 0.3) is 0 Å². The van der Waals surface area contributed by atoms with Crippen LogP contribution in [0, 0.1) is 0 Å². The van der Waals surface area contributed by atoms with Crippen molar-refractivity contribution >= 4 is 17.0 Å². The molecule has 0 unspecified atom stereocenters. The summed E-state index contributed by atoms with van der Waals surface area (Å²) in [5.74, 6) is 0. The number of carbonyl (C=O) groups is 1. The Labute approximate surface area is 155 Å². The number of nitrogens with zero attached hydrogens (tertiary/aromatic N) is 2. The van der Waals surface area contributed by atoms with Crippen LogP contribution in [-0.2, 0) is 17.1 Å². The lowest BCUT2D eigenvalue weighted by Gasteiger charge is -2.29. The van der Waals surface area contributed by atoms with Crippen molar-refractivity contribution in [1.29, 1.82) is 0 Å². The van der Waals surface area contributed by atoms with Gasteiger partial charge in [0.1, 0.15) is 11.8 Å². The summed E-state index contributed by atoms with van der Waals surface area (Å²) < 4.78 is 85.5. The summed E-state index contributed by atoms with van der Waals surface area (Å²) in [6.45, 7) is 0.406. The number of pyridine rings is 1. The molecule has 2 saturated heterocycles. The van der Waals surface area contributed by atoms with E-state index in [2.05, 4.69) is 4.98 Å². The van der Waals surface area contributed by atoms with Crippen LogP contribution in [0.5, 0.6) is 0 Å². The summed E-state index contributed by atoms with van der Waals surface area (Å²) >= 11 is 0. The molecular weight excluding hydrogens is 390 g/mol. The second kappa shape index (κ2) is 6.25. The number of aromatic nitrogens is 1. The Kier molecular flexibility index (Phi) is 4.20. The first-order valence-corrected chi connectivity index (χ1v) is 8.62. The van der Waals surface area contributed by atoms with Crippen LogP contribution >= 0.6 is 0 Å². The molecule has 0 spiro atoms. The molecule has 1 aromatic carbocycles. The molecule has 2 fully saturated rings. The van der Waals surface area contributed by atoms with Crippen molar-refractivity contribution in [3.05, 3.63) is 41.1 Å². The average Bonchev–Trinajstić information content (AvgIpc) is 2.96. The molecule has 0 N–H and O–H groups in total. The van der Waals surface area contributed by atoms with Crippen molar-refractivity contribution in [3.8, 4) is 0 Å². The number of cyclic esters (lactones) is 1. The van der Waals surface area contributed by atoms with Crippen LogP contribution in [-0.4, -0.2) is 28.6 Å². The number of amides is 1. The minimum atomic E-state index is -4.95. The molecule has 2 aliphatic rings. The number of alkyl halides is 6. The number of piperidine rings is 1. The zero-order chi connectivity index (χ0) is 20.3. The van der Waals surface area contributed by atoms with Crippen molar-refractivity contribution in [1.82, 2.24) is 9.88 Å². The number of ether oxygens (including phenoxy) is 1. The van der Waals surface area contributed by atoms with E-state index < -0.39 is 47.4 Å². The summed E-state index contributed by atoms with van der Waals surface area (Å²) in [4.78, 5) is 16.8. The van der Waals surface area contributed by atoms with E-state index in [0.717, 1.165) is 18.9 Å². The predicted molar refractivity (Wildman–Crippen MR) is 85.3 cm³/mol. The quantitative estimate of drug-likeness (QED) is 0.605. The van der Waals surface area contributed by atoms with E-state index in [1.165, 1.54) is 11.0 Å². The van der Waals surface area contributed by atoms with E-state index in [1.54, 1.807) is 0 Å². The highest BCUT2D eigenvalue weighted by Gasteiger charge is 2.46. The normalized spacial score (nSPS) is 23.1. The highest BCUT2D eigenvalue weighted by molar-refractivity contribution is 5.87. The number of rotatable bonds is 1. The first-order chi connectivity index (χ1) is 13.1. The maximum absolute atomic E-state index is 13.4. The van der Waals surface area contributed by atoms with Gasteiger partial charge in [-0.2, -0.15) is 26.3 Å². The van der Waals surface area contributed by atoms with Gasteiger partial charge in [0, 0.05) is 17.5 Å². The summed E-state index contributed by atoms with van der Waals surface area (Å²) in [6.07, 6.45) is -9.59. The molecule has 3 heterocycles. The molecule has 4 rings (SSSR count). The third-order valence-electron chi connectivity index (χ3n) is 5.13. The van der Waals surface area contributed by atoms with E-state index in [0.29, 0.717) is 25.1 Å². The molecule has 150 valence electrons. The van der Waals surface area contributed by atoms with Crippen molar-refractivity contribution in [2.75, 3.05) is 6.54 Å². The molecule has 4 nitrogen and oxygen atoms in total. The SMILES string of the molecule is O=C1O[C@@H](c2cc(C(F)(F)F)nc3c(C(F)(F)F)cccc23)[C@@H]2CCCCN12. The van der Waals surface area contributed by atoms with Crippen molar-refractivity contribution in [3.63, 3.8) is 0 Å². The van der Waals surface area contributed by atoms with Crippen LogP contribution in [0.4, 0.5) is 31.1 Å². The summed E-state index contributed by atoms with van der Waals surface area (Å²) in [5.41, 5.74) is -3.62. The number of halogens is 6. The lowest BCUT2D eigenvalue weighted by molar-refractivity contribution is -0.142. The van der Waals surface area contributed by atoms with Crippen molar-refractivity contribution < 1.29 is 35.9 Å². The van der Waals surface area contributed by atoms with Gasteiger partial charge in [-0.3, -0.25) is 0 Å². The smallest absolute Gasteiger partial charge is 0.433 e. The highest BCUT2D eigenvalue weighted by atomic mass is 19.4. The maximum atomic E-state index is 13.4. The number of fused-ring (bicyclic) bond motifs is 2. The minimum Gasteiger partial charge on any atom is -0.439 e. The first-order valence-electron chi connectivity index (χ1n) is 8.62. The zero-order valence-electron chi connectivity index (χ0n) is 14.3. The third-order valence-corrected chi connectivity index (χ3v) is 5.13. The number of para-hydroxylation sites is 1. The van der Waals surface area contributed by atoms with Crippen LogP contribution in [0.3, 0.4) is 0 Å². The second-order valence-electron chi connectivity index (χ2n) is 6.85. The molecule has 28 heavy (non-hydrogen) atoms. The van der Waals surface area contributed by atoms with Crippen molar-refractivity contribution in [2.24, 2.45) is 0 Å². The number of hydrogen-bond acceptors (Lipinski definition) is 3. The third kappa shape index (κ3) is 3.04. The molecule has 1 aromatic heterocycles. The molecule has 0 radical (unpaired) electrons. The Bertz CT molecular complexity index is 940. The van der Waals surface area contributed by atoms with Crippen LogP contribution in [0.15, 0.2) is 24.3 Å². The van der Waals surface area contributed by atoms with Gasteiger partial charge in [-0.15, -0.1) is 0 Å². The molecule has 0 bridgehead atoms. The van der Waals surface area contributed by atoms with Gasteiger partial charge >= 0.3 is 18.4 Å². The number of hydrogen-bond donors (Lipinski definition) is 0. The largest absolute Gasteiger partial charge is 0.439 e. The Hall–Kier alpha value is -2.52. The Balaban J connectivity index is 1.96. The van der Waals surface area contributed by atoms with Crippen LogP contribution in [0.1, 0.15) is 42.2 Å². The maximum Gasteiger partial charge on any atom is 0.433 e. The fraction of sp³-hybridized carbons (Fsp3) is 0.444. The Morgan fingerprint density at radius 1 is 1.07 bits per heavy atom. The number of benzene rings is 1. The van der Waals surface area contributed by atoms with Gasteiger partial charge in [-0.25, -0.2) is 9.78 Å². The molecule has 0 aliphatic carbocycles. The van der Waals surface area contributed by atoms with Gasteiger partial charge in [0.05, 0.1) is 17.1 Å². The zero-order valence-corrected chi connectivity index (χ0v) is 14.3. The topological polar surface area (TPSA) is 42.4 Å². The Morgan fingerprint density at radius 2 is 1.82 bits per heavy atom. The van der Waals surface area contributed by atoms with Gasteiger partial charge in [-0.05, 0) is 31.4 Å². The Morgan fingerprint density at radius 3 is 2.50 bits per heavy atom. The average molecular weight is 404 g/mol. The van der Waals surface area contributed by atoms with Gasteiger partial charge < -0.3 is 9.64 Å². The fourth-order valence-electron chi connectivity index (χ4n) is 3.91. The molecule has 2 aromatic rings.